The van der Waals surface area contributed by atoms with Crippen molar-refractivity contribution >= 4 is 18.1 Å². The fraction of sp³-hybridized carbons (Fsp3) is 0. The van der Waals surface area contributed by atoms with Gasteiger partial charge in [0.25, 0.3) is 0 Å². The molecule has 0 atom stereocenters. The van der Waals surface area contributed by atoms with E-state index in [9.17, 15) is 9.18 Å². The molecule has 0 aliphatic rings. The Morgan fingerprint density at radius 1 is 1.17 bits per heavy atom. The fourth-order valence-corrected chi connectivity index (χ4v) is 1.46. The van der Waals surface area contributed by atoms with E-state index >= 15 is 0 Å². The second kappa shape index (κ2) is 5.23. The summed E-state index contributed by atoms with van der Waals surface area (Å²) in [7, 11) is 0. The number of halogens is 1. The first-order valence-electron chi connectivity index (χ1n) is 5.29. The zero-order valence-corrected chi connectivity index (χ0v) is 9.38. The lowest BCUT2D eigenvalue weighted by Gasteiger charge is -1.96. The van der Waals surface area contributed by atoms with Crippen LogP contribution in [-0.2, 0) is 0 Å². The van der Waals surface area contributed by atoms with Gasteiger partial charge in [-0.1, -0.05) is 24.3 Å². The van der Waals surface area contributed by atoms with Gasteiger partial charge in [-0.3, -0.25) is 0 Å². The van der Waals surface area contributed by atoms with E-state index in [2.05, 4.69) is 4.98 Å². The van der Waals surface area contributed by atoms with Crippen molar-refractivity contribution in [2.75, 3.05) is 0 Å². The lowest BCUT2D eigenvalue weighted by Crippen LogP contribution is -2.00. The van der Waals surface area contributed by atoms with E-state index < -0.39 is 5.97 Å². The predicted molar refractivity (Wildman–Crippen MR) is 66.5 cm³/mol. The van der Waals surface area contributed by atoms with Gasteiger partial charge in [-0.2, -0.15) is 0 Å². The molecular weight excluding hydrogens is 233 g/mol. The molecule has 2 aromatic rings. The van der Waals surface area contributed by atoms with Crippen molar-refractivity contribution < 1.29 is 14.3 Å². The summed E-state index contributed by atoms with van der Waals surface area (Å²) in [6, 6.07) is 10.8. The zero-order valence-electron chi connectivity index (χ0n) is 9.38. The Labute approximate surface area is 103 Å². The van der Waals surface area contributed by atoms with Crippen LogP contribution in [0.25, 0.3) is 12.2 Å². The summed E-state index contributed by atoms with van der Waals surface area (Å²) in [6.07, 6.45) is 3.32. The second-order valence-electron chi connectivity index (χ2n) is 3.64. The molecule has 2 rings (SSSR count). The standard InChI is InChI=1S/C14H10FNO2/c15-11-4-1-3-10(9-11)7-8-12-5-2-6-13(16-12)14(17)18/h1-9H,(H,17,18). The molecule has 4 heteroatoms. The molecule has 1 heterocycles. The minimum absolute atomic E-state index is 0.0172. The van der Waals surface area contributed by atoms with Gasteiger partial charge in [0, 0.05) is 0 Å². The summed E-state index contributed by atoms with van der Waals surface area (Å²) >= 11 is 0. The fourth-order valence-electron chi connectivity index (χ4n) is 1.46. The molecule has 0 saturated heterocycles. The topological polar surface area (TPSA) is 50.2 Å². The van der Waals surface area contributed by atoms with E-state index in [1.54, 1.807) is 36.4 Å². The van der Waals surface area contributed by atoms with Crippen LogP contribution in [0.4, 0.5) is 4.39 Å². The average Bonchev–Trinajstić information content (AvgIpc) is 2.37. The molecule has 1 N–H and O–H groups in total. The van der Waals surface area contributed by atoms with Crippen molar-refractivity contribution in [3.05, 3.63) is 65.2 Å². The maximum Gasteiger partial charge on any atom is 0.354 e. The summed E-state index contributed by atoms with van der Waals surface area (Å²) in [5.74, 6) is -1.39. The highest BCUT2D eigenvalue weighted by atomic mass is 19.1. The van der Waals surface area contributed by atoms with Crippen LogP contribution >= 0.6 is 0 Å². The average molecular weight is 243 g/mol. The second-order valence-corrected chi connectivity index (χ2v) is 3.64. The molecule has 0 aliphatic heterocycles. The molecule has 0 saturated carbocycles. The Balaban J connectivity index is 2.23. The van der Waals surface area contributed by atoms with Crippen molar-refractivity contribution in [1.82, 2.24) is 4.98 Å². The first-order valence-corrected chi connectivity index (χ1v) is 5.29. The number of hydrogen-bond donors (Lipinski definition) is 1. The van der Waals surface area contributed by atoms with E-state index in [1.165, 1.54) is 18.2 Å². The van der Waals surface area contributed by atoms with Crippen molar-refractivity contribution in [2.24, 2.45) is 0 Å². The molecule has 1 aromatic carbocycles. The molecule has 0 fully saturated rings. The number of hydrogen-bond acceptors (Lipinski definition) is 2. The molecule has 0 bridgehead atoms. The van der Waals surface area contributed by atoms with Gasteiger partial charge in [-0.05, 0) is 35.9 Å². The summed E-state index contributed by atoms with van der Waals surface area (Å²) in [5, 5.41) is 8.79. The van der Waals surface area contributed by atoms with Gasteiger partial charge in [0.2, 0.25) is 0 Å². The van der Waals surface area contributed by atoms with Crippen LogP contribution in [0.1, 0.15) is 21.7 Å². The molecule has 1 aromatic heterocycles. The Kier molecular flexibility index (Phi) is 3.48. The Hall–Kier alpha value is -2.49. The highest BCUT2D eigenvalue weighted by Crippen LogP contribution is 2.09. The third-order valence-corrected chi connectivity index (χ3v) is 2.28. The molecular formula is C14H10FNO2. The normalized spacial score (nSPS) is 10.7. The van der Waals surface area contributed by atoms with Crippen molar-refractivity contribution in [1.29, 1.82) is 0 Å². The van der Waals surface area contributed by atoms with Gasteiger partial charge in [-0.15, -0.1) is 0 Å². The summed E-state index contributed by atoms with van der Waals surface area (Å²) < 4.78 is 12.9. The minimum atomic E-state index is -1.07. The number of carboxylic acid groups (broad SMARTS) is 1. The molecule has 0 spiro atoms. The lowest BCUT2D eigenvalue weighted by atomic mass is 10.2. The van der Waals surface area contributed by atoms with E-state index in [-0.39, 0.29) is 11.5 Å². The minimum Gasteiger partial charge on any atom is -0.477 e. The monoisotopic (exact) mass is 243 g/mol. The lowest BCUT2D eigenvalue weighted by molar-refractivity contribution is 0.0690. The highest BCUT2D eigenvalue weighted by molar-refractivity contribution is 5.85. The van der Waals surface area contributed by atoms with Gasteiger partial charge in [0.05, 0.1) is 5.69 Å². The van der Waals surface area contributed by atoms with E-state index in [4.69, 9.17) is 5.11 Å². The third kappa shape index (κ3) is 3.01. The van der Waals surface area contributed by atoms with Crippen LogP contribution in [0.3, 0.4) is 0 Å². The first-order chi connectivity index (χ1) is 8.65. The van der Waals surface area contributed by atoms with Gasteiger partial charge in [0.15, 0.2) is 0 Å². The number of carbonyl (C=O) groups is 1. The van der Waals surface area contributed by atoms with Gasteiger partial charge in [-0.25, -0.2) is 14.2 Å². The Morgan fingerprint density at radius 2 is 1.94 bits per heavy atom. The number of aromatic carboxylic acids is 1. The van der Waals surface area contributed by atoms with E-state index in [1.807, 2.05) is 0 Å². The molecule has 90 valence electrons. The van der Waals surface area contributed by atoms with Crippen LogP contribution in [0.5, 0.6) is 0 Å². The highest BCUT2D eigenvalue weighted by Gasteiger charge is 2.03. The maximum absolute atomic E-state index is 12.9. The van der Waals surface area contributed by atoms with Crippen molar-refractivity contribution in [3.63, 3.8) is 0 Å². The predicted octanol–water partition coefficient (Wildman–Crippen LogP) is 3.09. The van der Waals surface area contributed by atoms with Crippen LogP contribution in [0.2, 0.25) is 0 Å². The SMILES string of the molecule is O=C(O)c1cccc(C=Cc2cccc(F)c2)n1. The molecule has 18 heavy (non-hydrogen) atoms. The number of carboxylic acids is 1. The number of benzene rings is 1. The van der Waals surface area contributed by atoms with Gasteiger partial charge in [0.1, 0.15) is 11.5 Å². The summed E-state index contributed by atoms with van der Waals surface area (Å²) in [4.78, 5) is 14.7. The molecule has 0 aliphatic carbocycles. The van der Waals surface area contributed by atoms with E-state index in [0.29, 0.717) is 11.3 Å². The number of aromatic nitrogens is 1. The Morgan fingerprint density at radius 3 is 2.67 bits per heavy atom. The quantitative estimate of drug-likeness (QED) is 0.901. The van der Waals surface area contributed by atoms with Crippen LogP contribution in [-0.4, -0.2) is 16.1 Å². The number of nitrogens with zero attached hydrogens (tertiary/aromatic N) is 1. The van der Waals surface area contributed by atoms with Gasteiger partial charge >= 0.3 is 5.97 Å². The molecule has 0 unspecified atom stereocenters. The van der Waals surface area contributed by atoms with Crippen LogP contribution < -0.4 is 0 Å². The largest absolute Gasteiger partial charge is 0.477 e. The Bertz CT molecular complexity index is 608. The molecule has 3 nitrogen and oxygen atoms in total. The number of rotatable bonds is 3. The third-order valence-electron chi connectivity index (χ3n) is 2.28. The van der Waals surface area contributed by atoms with Crippen LogP contribution in [0, 0.1) is 5.82 Å². The summed E-state index contributed by atoms with van der Waals surface area (Å²) in [6.45, 7) is 0. The summed E-state index contributed by atoms with van der Waals surface area (Å²) in [5.41, 5.74) is 1.19. The smallest absolute Gasteiger partial charge is 0.354 e. The van der Waals surface area contributed by atoms with Crippen molar-refractivity contribution in [3.8, 4) is 0 Å². The maximum atomic E-state index is 12.9. The van der Waals surface area contributed by atoms with Gasteiger partial charge < -0.3 is 5.11 Å². The molecule has 0 radical (unpaired) electrons. The van der Waals surface area contributed by atoms with E-state index in [0.717, 1.165) is 0 Å². The van der Waals surface area contributed by atoms with Crippen LogP contribution in [0.15, 0.2) is 42.5 Å². The van der Waals surface area contributed by atoms with Crippen molar-refractivity contribution in [2.45, 2.75) is 0 Å². The molecule has 0 amide bonds. The first kappa shape index (κ1) is 12.0. The number of pyridine rings is 1. The zero-order chi connectivity index (χ0) is 13.0.